The van der Waals surface area contributed by atoms with Gasteiger partial charge in [0.05, 0.1) is 25.2 Å². The average molecular weight is 251 g/mol. The minimum absolute atomic E-state index is 0.0502. The highest BCUT2D eigenvalue weighted by Gasteiger charge is 2.13. The van der Waals surface area contributed by atoms with Gasteiger partial charge in [-0.05, 0) is 29.8 Å². The maximum Gasteiger partial charge on any atom is 0.171 e. The van der Waals surface area contributed by atoms with Gasteiger partial charge in [-0.15, -0.1) is 0 Å². The van der Waals surface area contributed by atoms with E-state index in [4.69, 9.17) is 20.8 Å². The van der Waals surface area contributed by atoms with Crippen molar-refractivity contribution in [2.24, 2.45) is 0 Å². The summed E-state index contributed by atoms with van der Waals surface area (Å²) < 4.78 is 10.1. The molecule has 2 aromatic rings. The number of Topliss-reactive ketones (excluding diaryl/α,β-unsaturated/α-hetero) is 1. The summed E-state index contributed by atoms with van der Waals surface area (Å²) in [6.45, 7) is 0. The van der Waals surface area contributed by atoms with E-state index in [9.17, 15) is 4.79 Å². The van der Waals surface area contributed by atoms with Crippen molar-refractivity contribution in [1.82, 2.24) is 0 Å². The maximum atomic E-state index is 12.1. The van der Waals surface area contributed by atoms with E-state index in [-0.39, 0.29) is 12.2 Å². The SMILES string of the molecule is COc1ccc(Cl)cc1C(=O)Cc1ccoc1. The van der Waals surface area contributed by atoms with E-state index in [2.05, 4.69) is 0 Å². The molecule has 17 heavy (non-hydrogen) atoms. The minimum Gasteiger partial charge on any atom is -0.496 e. The van der Waals surface area contributed by atoms with Crippen LogP contribution < -0.4 is 4.74 Å². The molecule has 0 spiro atoms. The number of ether oxygens (including phenoxy) is 1. The van der Waals surface area contributed by atoms with E-state index in [1.807, 2.05) is 0 Å². The topological polar surface area (TPSA) is 39.4 Å². The molecular weight excluding hydrogens is 240 g/mol. The van der Waals surface area contributed by atoms with Gasteiger partial charge >= 0.3 is 0 Å². The minimum atomic E-state index is -0.0502. The number of methoxy groups -OCH3 is 1. The van der Waals surface area contributed by atoms with Crippen molar-refractivity contribution in [1.29, 1.82) is 0 Å². The van der Waals surface area contributed by atoms with Crippen molar-refractivity contribution < 1.29 is 13.9 Å². The Balaban J connectivity index is 2.26. The van der Waals surface area contributed by atoms with Gasteiger partial charge in [-0.3, -0.25) is 4.79 Å². The van der Waals surface area contributed by atoms with Crippen LogP contribution in [0, 0.1) is 0 Å². The van der Waals surface area contributed by atoms with Gasteiger partial charge in [0.1, 0.15) is 5.75 Å². The van der Waals surface area contributed by atoms with Crippen LogP contribution in [0.15, 0.2) is 41.2 Å². The van der Waals surface area contributed by atoms with Crippen LogP contribution in [0.5, 0.6) is 5.75 Å². The summed E-state index contributed by atoms with van der Waals surface area (Å²) in [7, 11) is 1.53. The molecule has 0 aliphatic carbocycles. The molecule has 0 radical (unpaired) electrons. The van der Waals surface area contributed by atoms with E-state index in [1.165, 1.54) is 13.4 Å². The monoisotopic (exact) mass is 250 g/mol. The molecule has 0 unspecified atom stereocenters. The van der Waals surface area contributed by atoms with Gasteiger partial charge in [0.25, 0.3) is 0 Å². The molecule has 0 saturated carbocycles. The third-order valence-corrected chi connectivity index (χ3v) is 2.64. The molecule has 1 heterocycles. The lowest BCUT2D eigenvalue weighted by Crippen LogP contribution is -2.05. The van der Waals surface area contributed by atoms with E-state index in [0.29, 0.717) is 16.3 Å². The summed E-state index contributed by atoms with van der Waals surface area (Å²) in [5.74, 6) is 0.480. The fourth-order valence-electron chi connectivity index (χ4n) is 1.57. The number of carbonyl (C=O) groups is 1. The van der Waals surface area contributed by atoms with E-state index < -0.39 is 0 Å². The third-order valence-electron chi connectivity index (χ3n) is 2.41. The highest BCUT2D eigenvalue weighted by atomic mass is 35.5. The number of benzene rings is 1. The molecule has 0 saturated heterocycles. The summed E-state index contributed by atoms with van der Waals surface area (Å²) in [6, 6.07) is 6.75. The van der Waals surface area contributed by atoms with Gasteiger partial charge in [-0.1, -0.05) is 11.6 Å². The van der Waals surface area contributed by atoms with Gasteiger partial charge in [0, 0.05) is 11.4 Å². The molecule has 0 atom stereocenters. The van der Waals surface area contributed by atoms with E-state index in [0.717, 1.165) is 5.56 Å². The molecular formula is C13H11ClO3. The zero-order valence-corrected chi connectivity index (χ0v) is 10.0. The second kappa shape index (κ2) is 5.06. The Bertz CT molecular complexity index is 517. The second-order valence-electron chi connectivity index (χ2n) is 3.58. The van der Waals surface area contributed by atoms with Crippen LogP contribution in [-0.2, 0) is 6.42 Å². The van der Waals surface area contributed by atoms with Crippen LogP contribution in [0.1, 0.15) is 15.9 Å². The summed E-state index contributed by atoms with van der Waals surface area (Å²) in [5, 5.41) is 0.515. The van der Waals surface area contributed by atoms with Crippen LogP contribution in [0.2, 0.25) is 5.02 Å². The van der Waals surface area contributed by atoms with Gasteiger partial charge in [-0.25, -0.2) is 0 Å². The lowest BCUT2D eigenvalue weighted by molar-refractivity contribution is 0.0990. The average Bonchev–Trinajstić information content (AvgIpc) is 2.81. The molecule has 4 heteroatoms. The normalized spacial score (nSPS) is 10.2. The molecule has 88 valence electrons. The zero-order chi connectivity index (χ0) is 12.3. The smallest absolute Gasteiger partial charge is 0.171 e. The maximum absolute atomic E-state index is 12.1. The molecule has 0 aliphatic heterocycles. The molecule has 0 aliphatic rings. The molecule has 2 rings (SSSR count). The summed E-state index contributed by atoms with van der Waals surface area (Å²) in [5.41, 5.74) is 1.32. The molecule has 3 nitrogen and oxygen atoms in total. The quantitative estimate of drug-likeness (QED) is 0.781. The highest BCUT2D eigenvalue weighted by Crippen LogP contribution is 2.24. The molecule has 1 aromatic carbocycles. The molecule has 0 fully saturated rings. The van der Waals surface area contributed by atoms with Crippen LogP contribution in [0.4, 0.5) is 0 Å². The van der Waals surface area contributed by atoms with Crippen molar-refractivity contribution in [2.75, 3.05) is 7.11 Å². The van der Waals surface area contributed by atoms with Crippen molar-refractivity contribution in [2.45, 2.75) is 6.42 Å². The van der Waals surface area contributed by atoms with Gasteiger partial charge in [0.15, 0.2) is 5.78 Å². The number of ketones is 1. The van der Waals surface area contributed by atoms with Crippen molar-refractivity contribution in [3.05, 3.63) is 52.9 Å². The Labute approximate surface area is 104 Å². The first kappa shape index (κ1) is 11.7. The summed E-state index contributed by atoms with van der Waals surface area (Å²) in [6.07, 6.45) is 3.36. The Kier molecular flexibility index (Phi) is 3.49. The molecule has 1 aromatic heterocycles. The fourth-order valence-corrected chi connectivity index (χ4v) is 1.74. The Morgan fingerprint density at radius 2 is 2.24 bits per heavy atom. The lowest BCUT2D eigenvalue weighted by atomic mass is 10.0. The molecule has 0 amide bonds. The van der Waals surface area contributed by atoms with E-state index >= 15 is 0 Å². The first-order valence-corrected chi connectivity index (χ1v) is 5.46. The van der Waals surface area contributed by atoms with Crippen molar-refractivity contribution in [3.8, 4) is 5.75 Å². The number of furan rings is 1. The first-order valence-electron chi connectivity index (χ1n) is 5.08. The predicted octanol–water partition coefficient (Wildman–Crippen LogP) is 3.37. The van der Waals surface area contributed by atoms with Gasteiger partial charge < -0.3 is 9.15 Å². The third kappa shape index (κ3) is 2.68. The van der Waals surface area contributed by atoms with Gasteiger partial charge in [0.2, 0.25) is 0 Å². The van der Waals surface area contributed by atoms with Crippen LogP contribution in [0.25, 0.3) is 0 Å². The first-order chi connectivity index (χ1) is 8.20. The number of hydrogen-bond acceptors (Lipinski definition) is 3. The summed E-state index contributed by atoms with van der Waals surface area (Å²) >= 11 is 5.87. The highest BCUT2D eigenvalue weighted by molar-refractivity contribution is 6.31. The van der Waals surface area contributed by atoms with Gasteiger partial charge in [-0.2, -0.15) is 0 Å². The Morgan fingerprint density at radius 1 is 1.41 bits per heavy atom. The summed E-state index contributed by atoms with van der Waals surface area (Å²) in [4.78, 5) is 12.1. The van der Waals surface area contributed by atoms with Crippen molar-refractivity contribution in [3.63, 3.8) is 0 Å². The van der Waals surface area contributed by atoms with Crippen LogP contribution in [0.3, 0.4) is 0 Å². The largest absolute Gasteiger partial charge is 0.496 e. The fraction of sp³-hybridized carbons (Fsp3) is 0.154. The second-order valence-corrected chi connectivity index (χ2v) is 4.01. The molecule has 0 bridgehead atoms. The number of carbonyl (C=O) groups excluding carboxylic acids is 1. The van der Waals surface area contributed by atoms with Crippen LogP contribution >= 0.6 is 11.6 Å². The van der Waals surface area contributed by atoms with E-state index in [1.54, 1.807) is 30.5 Å². The van der Waals surface area contributed by atoms with Crippen LogP contribution in [-0.4, -0.2) is 12.9 Å². The lowest BCUT2D eigenvalue weighted by Gasteiger charge is -2.07. The molecule has 0 N–H and O–H groups in total. The predicted molar refractivity (Wildman–Crippen MR) is 64.7 cm³/mol. The Morgan fingerprint density at radius 3 is 2.88 bits per heavy atom. The standard InChI is InChI=1S/C13H11ClO3/c1-16-13-3-2-10(14)7-11(13)12(15)6-9-4-5-17-8-9/h2-5,7-8H,6H2,1H3. The number of hydrogen-bond donors (Lipinski definition) is 0. The number of halogens is 1. The Hall–Kier alpha value is -1.74. The zero-order valence-electron chi connectivity index (χ0n) is 9.27. The van der Waals surface area contributed by atoms with Crippen molar-refractivity contribution >= 4 is 17.4 Å². The number of rotatable bonds is 4.